The first kappa shape index (κ1) is 13.1. The van der Waals surface area contributed by atoms with Crippen LogP contribution in [0.4, 0.5) is 5.82 Å². The molecule has 0 aliphatic carbocycles. The zero-order valence-corrected chi connectivity index (χ0v) is 11.8. The van der Waals surface area contributed by atoms with E-state index in [2.05, 4.69) is 26.9 Å². The highest BCUT2D eigenvalue weighted by Gasteiger charge is 2.30. The number of hydrogen-bond acceptors (Lipinski definition) is 5. The van der Waals surface area contributed by atoms with Crippen LogP contribution in [-0.2, 0) is 4.79 Å². The van der Waals surface area contributed by atoms with Gasteiger partial charge in [0, 0.05) is 18.7 Å². The van der Waals surface area contributed by atoms with Gasteiger partial charge >= 0.3 is 0 Å². The van der Waals surface area contributed by atoms with Crippen molar-refractivity contribution in [2.24, 2.45) is 11.7 Å². The van der Waals surface area contributed by atoms with Gasteiger partial charge in [0.05, 0.1) is 5.92 Å². The Kier molecular flexibility index (Phi) is 3.21. The molecule has 2 aromatic heterocycles. The minimum atomic E-state index is -0.267. The number of hydrogen-bond donors (Lipinski definition) is 1. The van der Waals surface area contributed by atoms with Crippen molar-refractivity contribution in [3.8, 4) is 0 Å². The standard InChI is InChI=1S/C12H15ClN6O/c1-7-2-3-8(11(14)20)5-18(7)10-4-9(13)17-12-15-6-16-19(10)12/h4,6-8H,2-3,5H2,1H3,(H2,14,20). The lowest BCUT2D eigenvalue weighted by molar-refractivity contribution is -0.122. The molecule has 2 aromatic rings. The summed E-state index contributed by atoms with van der Waals surface area (Å²) in [7, 11) is 0. The van der Waals surface area contributed by atoms with Crippen LogP contribution in [0.2, 0.25) is 5.15 Å². The van der Waals surface area contributed by atoms with E-state index in [4.69, 9.17) is 17.3 Å². The minimum absolute atomic E-state index is 0.156. The number of halogens is 1. The van der Waals surface area contributed by atoms with E-state index in [0.29, 0.717) is 17.5 Å². The molecule has 2 N–H and O–H groups in total. The molecular formula is C12H15ClN6O. The zero-order valence-electron chi connectivity index (χ0n) is 11.0. The molecule has 7 nitrogen and oxygen atoms in total. The molecule has 1 fully saturated rings. The van der Waals surface area contributed by atoms with Crippen LogP contribution < -0.4 is 10.6 Å². The molecule has 0 bridgehead atoms. The predicted octanol–water partition coefficient (Wildman–Crippen LogP) is 0.868. The summed E-state index contributed by atoms with van der Waals surface area (Å²) in [6, 6.07) is 2.01. The molecule has 0 saturated carbocycles. The number of primary amides is 1. The number of nitrogens with zero attached hydrogens (tertiary/aromatic N) is 5. The molecule has 3 heterocycles. The molecule has 20 heavy (non-hydrogen) atoms. The highest BCUT2D eigenvalue weighted by Crippen LogP contribution is 2.28. The van der Waals surface area contributed by atoms with E-state index in [1.54, 1.807) is 10.6 Å². The van der Waals surface area contributed by atoms with E-state index >= 15 is 0 Å². The summed E-state index contributed by atoms with van der Waals surface area (Å²) < 4.78 is 1.63. The number of amides is 1. The summed E-state index contributed by atoms with van der Waals surface area (Å²) in [6.07, 6.45) is 3.14. The molecule has 3 rings (SSSR count). The second-order valence-corrected chi connectivity index (χ2v) is 5.47. The van der Waals surface area contributed by atoms with Crippen molar-refractivity contribution in [1.29, 1.82) is 0 Å². The Morgan fingerprint density at radius 3 is 3.05 bits per heavy atom. The third-order valence-corrected chi connectivity index (χ3v) is 3.97. The molecule has 0 radical (unpaired) electrons. The highest BCUT2D eigenvalue weighted by molar-refractivity contribution is 6.29. The van der Waals surface area contributed by atoms with Gasteiger partial charge in [-0.25, -0.2) is 0 Å². The summed E-state index contributed by atoms with van der Waals surface area (Å²) in [5.41, 5.74) is 5.44. The number of piperidine rings is 1. The molecule has 2 atom stereocenters. The van der Waals surface area contributed by atoms with Crippen molar-refractivity contribution in [2.75, 3.05) is 11.4 Å². The second-order valence-electron chi connectivity index (χ2n) is 5.09. The van der Waals surface area contributed by atoms with Gasteiger partial charge in [-0.15, -0.1) is 0 Å². The minimum Gasteiger partial charge on any atom is -0.369 e. The third-order valence-electron chi connectivity index (χ3n) is 3.78. The molecule has 8 heteroatoms. The zero-order chi connectivity index (χ0) is 14.3. The molecule has 1 aliphatic rings. The highest BCUT2D eigenvalue weighted by atomic mass is 35.5. The first-order valence-electron chi connectivity index (χ1n) is 6.48. The largest absolute Gasteiger partial charge is 0.369 e. The monoisotopic (exact) mass is 294 g/mol. The molecular weight excluding hydrogens is 280 g/mol. The topological polar surface area (TPSA) is 89.4 Å². The van der Waals surface area contributed by atoms with Crippen LogP contribution in [0, 0.1) is 5.92 Å². The molecule has 2 unspecified atom stereocenters. The second kappa shape index (κ2) is 4.90. The van der Waals surface area contributed by atoms with Crippen LogP contribution in [0.15, 0.2) is 12.4 Å². The lowest BCUT2D eigenvalue weighted by Crippen LogP contribution is -2.46. The first-order valence-corrected chi connectivity index (χ1v) is 6.86. The maximum atomic E-state index is 11.4. The number of anilines is 1. The van der Waals surface area contributed by atoms with Gasteiger partial charge in [0.25, 0.3) is 5.78 Å². The molecule has 1 aliphatic heterocycles. The lowest BCUT2D eigenvalue weighted by atomic mass is 9.93. The van der Waals surface area contributed by atoms with Gasteiger partial charge in [0.1, 0.15) is 17.3 Å². The van der Waals surface area contributed by atoms with Gasteiger partial charge in [-0.05, 0) is 19.8 Å². The van der Waals surface area contributed by atoms with Gasteiger partial charge in [-0.2, -0.15) is 19.6 Å². The summed E-state index contributed by atoms with van der Waals surface area (Å²) in [5, 5.41) is 4.52. The maximum absolute atomic E-state index is 11.4. The summed E-state index contributed by atoms with van der Waals surface area (Å²) in [6.45, 7) is 2.67. The van der Waals surface area contributed by atoms with Crippen LogP contribution in [0.5, 0.6) is 0 Å². The average molecular weight is 295 g/mol. The van der Waals surface area contributed by atoms with Crippen molar-refractivity contribution < 1.29 is 4.79 Å². The molecule has 1 amide bonds. The Morgan fingerprint density at radius 1 is 1.50 bits per heavy atom. The molecule has 0 aromatic carbocycles. The van der Waals surface area contributed by atoms with E-state index in [1.807, 2.05) is 0 Å². The number of rotatable bonds is 2. The summed E-state index contributed by atoms with van der Waals surface area (Å²) >= 11 is 6.04. The van der Waals surface area contributed by atoms with Gasteiger partial charge in [0.2, 0.25) is 5.91 Å². The van der Waals surface area contributed by atoms with Crippen LogP contribution in [0.1, 0.15) is 19.8 Å². The van der Waals surface area contributed by atoms with E-state index in [-0.39, 0.29) is 17.9 Å². The quantitative estimate of drug-likeness (QED) is 0.830. The van der Waals surface area contributed by atoms with Gasteiger partial charge in [0.15, 0.2) is 0 Å². The third kappa shape index (κ3) is 2.18. The smallest absolute Gasteiger partial charge is 0.255 e. The summed E-state index contributed by atoms with van der Waals surface area (Å²) in [5.74, 6) is 0.811. The Hall–Kier alpha value is -1.89. The fraction of sp³-hybridized carbons (Fsp3) is 0.500. The first-order chi connectivity index (χ1) is 9.56. The van der Waals surface area contributed by atoms with Crippen molar-refractivity contribution >= 4 is 29.1 Å². The number of fused-ring (bicyclic) bond motifs is 1. The van der Waals surface area contributed by atoms with Crippen LogP contribution in [-0.4, -0.2) is 38.1 Å². The van der Waals surface area contributed by atoms with Gasteiger partial charge in [-0.3, -0.25) is 4.79 Å². The number of carbonyl (C=O) groups excluding carboxylic acids is 1. The van der Waals surface area contributed by atoms with Crippen molar-refractivity contribution in [1.82, 2.24) is 19.6 Å². The normalized spacial score (nSPS) is 23.2. The molecule has 0 spiro atoms. The lowest BCUT2D eigenvalue weighted by Gasteiger charge is -2.38. The van der Waals surface area contributed by atoms with E-state index in [0.717, 1.165) is 18.7 Å². The predicted molar refractivity (Wildman–Crippen MR) is 74.5 cm³/mol. The van der Waals surface area contributed by atoms with Crippen LogP contribution >= 0.6 is 11.6 Å². The SMILES string of the molecule is CC1CCC(C(N)=O)CN1c1cc(Cl)nc2ncnn12. The van der Waals surface area contributed by atoms with Crippen molar-refractivity contribution in [3.05, 3.63) is 17.5 Å². The fourth-order valence-electron chi connectivity index (χ4n) is 2.63. The van der Waals surface area contributed by atoms with E-state index in [9.17, 15) is 4.79 Å². The molecule has 106 valence electrons. The van der Waals surface area contributed by atoms with Crippen LogP contribution in [0.25, 0.3) is 5.78 Å². The van der Waals surface area contributed by atoms with Crippen LogP contribution in [0.3, 0.4) is 0 Å². The average Bonchev–Trinajstić information content (AvgIpc) is 2.86. The number of aromatic nitrogens is 4. The Bertz CT molecular complexity index is 656. The molecule has 1 saturated heterocycles. The fourth-order valence-corrected chi connectivity index (χ4v) is 2.80. The van der Waals surface area contributed by atoms with Gasteiger partial charge in [-0.1, -0.05) is 11.6 Å². The summed E-state index contributed by atoms with van der Waals surface area (Å²) in [4.78, 5) is 21.7. The van der Waals surface area contributed by atoms with E-state index < -0.39 is 0 Å². The number of nitrogens with two attached hydrogens (primary N) is 1. The Balaban J connectivity index is 2.04. The number of carbonyl (C=O) groups is 1. The van der Waals surface area contributed by atoms with Crippen molar-refractivity contribution in [3.63, 3.8) is 0 Å². The Labute approximate surface area is 120 Å². The maximum Gasteiger partial charge on any atom is 0.255 e. The van der Waals surface area contributed by atoms with Gasteiger partial charge < -0.3 is 10.6 Å². The Morgan fingerprint density at radius 2 is 2.30 bits per heavy atom. The van der Waals surface area contributed by atoms with E-state index in [1.165, 1.54) is 6.33 Å². The van der Waals surface area contributed by atoms with Crippen molar-refractivity contribution in [2.45, 2.75) is 25.8 Å².